The van der Waals surface area contributed by atoms with E-state index in [9.17, 15) is 13.2 Å². The van der Waals surface area contributed by atoms with Gasteiger partial charge >= 0.3 is 6.36 Å². The van der Waals surface area contributed by atoms with Gasteiger partial charge in [0.1, 0.15) is 11.5 Å². The van der Waals surface area contributed by atoms with Crippen molar-refractivity contribution in [2.45, 2.75) is 12.4 Å². The van der Waals surface area contributed by atoms with E-state index in [4.69, 9.17) is 4.74 Å². The number of hydrogen-bond acceptors (Lipinski definition) is 5. The number of nitrogens with one attached hydrogen (secondary N) is 1. The van der Waals surface area contributed by atoms with Crippen LogP contribution in [0.2, 0.25) is 0 Å². The molecule has 0 bridgehead atoms. The van der Waals surface area contributed by atoms with Crippen LogP contribution in [0, 0.1) is 0 Å². The Labute approximate surface area is 160 Å². The van der Waals surface area contributed by atoms with Crippen molar-refractivity contribution in [3.8, 4) is 11.5 Å². The Bertz CT molecular complexity index is 692. The summed E-state index contributed by atoms with van der Waals surface area (Å²) < 4.78 is 46.8. The van der Waals surface area contributed by atoms with E-state index in [0.29, 0.717) is 5.75 Å². The third-order valence-corrected chi connectivity index (χ3v) is 4.81. The number of methoxy groups -OCH3 is 1. The molecule has 1 N–H and O–H groups in total. The molecule has 1 fully saturated rings. The van der Waals surface area contributed by atoms with Crippen molar-refractivity contribution >= 4 is 23.7 Å². The number of hydrogen-bond donors (Lipinski definition) is 1. The normalized spacial score (nSPS) is 16.6. The Morgan fingerprint density at radius 1 is 1.19 bits per heavy atom. The Hall–Kier alpha value is -1.48. The summed E-state index contributed by atoms with van der Waals surface area (Å²) in [5, 5.41) is 7.37. The molecule has 1 aromatic heterocycles. The highest BCUT2D eigenvalue weighted by Gasteiger charge is 2.32. The fourth-order valence-electron chi connectivity index (χ4n) is 3.07. The zero-order valence-corrected chi connectivity index (χ0v) is 15.7. The molecule has 1 saturated heterocycles. The minimum absolute atomic E-state index is 0. The first-order valence-electron chi connectivity index (χ1n) is 7.88. The zero-order chi connectivity index (χ0) is 17.9. The third-order valence-electron chi connectivity index (χ3n) is 4.11. The fraction of sp³-hybridized carbons (Fsp3) is 0.412. The Morgan fingerprint density at radius 3 is 2.50 bits per heavy atom. The number of rotatable bonds is 5. The van der Waals surface area contributed by atoms with Crippen molar-refractivity contribution in [1.82, 2.24) is 10.2 Å². The van der Waals surface area contributed by atoms with Crippen LogP contribution in [0.5, 0.6) is 11.5 Å². The molecule has 26 heavy (non-hydrogen) atoms. The second-order valence-electron chi connectivity index (χ2n) is 5.70. The monoisotopic (exact) mass is 408 g/mol. The van der Waals surface area contributed by atoms with Gasteiger partial charge < -0.3 is 14.8 Å². The number of benzene rings is 1. The maximum absolute atomic E-state index is 12.5. The van der Waals surface area contributed by atoms with Gasteiger partial charge in [-0.15, -0.1) is 25.6 Å². The predicted octanol–water partition coefficient (Wildman–Crippen LogP) is 4.07. The molecule has 1 aliphatic heterocycles. The minimum Gasteiger partial charge on any atom is -0.496 e. The van der Waals surface area contributed by atoms with Crippen LogP contribution in [-0.4, -0.2) is 44.6 Å². The van der Waals surface area contributed by atoms with Gasteiger partial charge in [-0.2, -0.15) is 11.3 Å². The second-order valence-corrected chi connectivity index (χ2v) is 6.48. The lowest BCUT2D eigenvalue weighted by Crippen LogP contribution is -2.45. The molecule has 144 valence electrons. The number of nitrogens with zero attached hydrogens (tertiary/aromatic N) is 1. The van der Waals surface area contributed by atoms with Crippen molar-refractivity contribution in [3.63, 3.8) is 0 Å². The highest BCUT2D eigenvalue weighted by atomic mass is 35.5. The van der Waals surface area contributed by atoms with E-state index in [1.54, 1.807) is 17.4 Å². The topological polar surface area (TPSA) is 33.7 Å². The summed E-state index contributed by atoms with van der Waals surface area (Å²) in [5.74, 6) is 0.106. The number of alkyl halides is 3. The van der Waals surface area contributed by atoms with Gasteiger partial charge in [-0.3, -0.25) is 4.90 Å². The summed E-state index contributed by atoms with van der Waals surface area (Å²) in [7, 11) is 1.46. The quantitative estimate of drug-likeness (QED) is 0.808. The van der Waals surface area contributed by atoms with Gasteiger partial charge in [0.25, 0.3) is 0 Å². The number of halogens is 4. The molecule has 0 radical (unpaired) electrons. The molecule has 1 atom stereocenters. The molecule has 0 spiro atoms. The van der Waals surface area contributed by atoms with Crippen molar-refractivity contribution < 1.29 is 22.6 Å². The molecule has 9 heteroatoms. The van der Waals surface area contributed by atoms with Gasteiger partial charge in [0, 0.05) is 37.8 Å². The number of ether oxygens (including phenoxy) is 2. The van der Waals surface area contributed by atoms with Gasteiger partial charge in [0.15, 0.2) is 0 Å². The maximum Gasteiger partial charge on any atom is 0.573 e. The van der Waals surface area contributed by atoms with Crippen LogP contribution >= 0.6 is 23.7 Å². The molecule has 1 aliphatic rings. The minimum atomic E-state index is -4.72. The lowest BCUT2D eigenvalue weighted by atomic mass is 9.97. The first-order valence-corrected chi connectivity index (χ1v) is 8.83. The standard InChI is InChI=1S/C17H19F3N2O2S.ClH/c1-23-15-10-13(24-17(18,19)20)2-3-14(15)16(12-4-9-25-11-12)22-7-5-21-6-8-22;/h2-4,9-11,16,21H,5-8H2,1H3;1H/t16-;/m0./s1. The molecule has 2 heterocycles. The van der Waals surface area contributed by atoms with Gasteiger partial charge in [-0.25, -0.2) is 0 Å². The summed E-state index contributed by atoms with van der Waals surface area (Å²) in [6, 6.07) is 6.27. The molecule has 0 unspecified atom stereocenters. The van der Waals surface area contributed by atoms with E-state index in [1.165, 1.54) is 19.2 Å². The highest BCUT2D eigenvalue weighted by molar-refractivity contribution is 7.08. The zero-order valence-electron chi connectivity index (χ0n) is 14.1. The molecular formula is C17H20ClF3N2O2S. The Morgan fingerprint density at radius 2 is 1.92 bits per heavy atom. The Kier molecular flexibility index (Phi) is 7.16. The smallest absolute Gasteiger partial charge is 0.496 e. The van der Waals surface area contributed by atoms with Crippen LogP contribution < -0.4 is 14.8 Å². The van der Waals surface area contributed by atoms with Crippen LogP contribution in [0.1, 0.15) is 17.2 Å². The van der Waals surface area contributed by atoms with E-state index in [2.05, 4.69) is 20.3 Å². The molecule has 0 aliphatic carbocycles. The van der Waals surface area contributed by atoms with Crippen LogP contribution in [0.15, 0.2) is 35.0 Å². The fourth-order valence-corrected chi connectivity index (χ4v) is 3.75. The molecule has 0 saturated carbocycles. The molecular weight excluding hydrogens is 389 g/mol. The average molecular weight is 409 g/mol. The van der Waals surface area contributed by atoms with Crippen LogP contribution in [0.25, 0.3) is 0 Å². The maximum atomic E-state index is 12.5. The summed E-state index contributed by atoms with van der Waals surface area (Å²) >= 11 is 1.59. The molecule has 4 nitrogen and oxygen atoms in total. The summed E-state index contributed by atoms with van der Waals surface area (Å²) in [4.78, 5) is 2.31. The van der Waals surface area contributed by atoms with E-state index < -0.39 is 6.36 Å². The third kappa shape index (κ3) is 5.03. The SMILES string of the molecule is COc1cc(OC(F)(F)F)ccc1[C@H](c1ccsc1)N1CCNCC1.Cl. The largest absolute Gasteiger partial charge is 0.573 e. The summed E-state index contributed by atoms with van der Waals surface area (Å²) in [6.07, 6.45) is -4.72. The van der Waals surface area contributed by atoms with E-state index in [0.717, 1.165) is 37.3 Å². The second kappa shape index (κ2) is 8.94. The predicted molar refractivity (Wildman–Crippen MR) is 97.5 cm³/mol. The average Bonchev–Trinajstić information content (AvgIpc) is 3.10. The van der Waals surface area contributed by atoms with Crippen LogP contribution in [0.3, 0.4) is 0 Å². The molecule has 1 aromatic carbocycles. The Balaban J connectivity index is 0.00000243. The first-order chi connectivity index (χ1) is 12.0. The van der Waals surface area contributed by atoms with Crippen molar-refractivity contribution in [2.24, 2.45) is 0 Å². The number of piperazine rings is 1. The van der Waals surface area contributed by atoms with Crippen LogP contribution in [-0.2, 0) is 0 Å². The first kappa shape index (κ1) is 20.8. The van der Waals surface area contributed by atoms with Gasteiger partial charge in [-0.1, -0.05) is 0 Å². The molecule has 2 aromatic rings. The molecule has 3 rings (SSSR count). The van der Waals surface area contributed by atoms with E-state index >= 15 is 0 Å². The lowest BCUT2D eigenvalue weighted by Gasteiger charge is -2.35. The van der Waals surface area contributed by atoms with Crippen LogP contribution in [0.4, 0.5) is 13.2 Å². The van der Waals surface area contributed by atoms with E-state index in [1.807, 2.05) is 11.4 Å². The van der Waals surface area contributed by atoms with Crippen molar-refractivity contribution in [1.29, 1.82) is 0 Å². The molecule has 0 amide bonds. The van der Waals surface area contributed by atoms with Crippen molar-refractivity contribution in [3.05, 3.63) is 46.2 Å². The van der Waals surface area contributed by atoms with E-state index in [-0.39, 0.29) is 24.2 Å². The summed E-state index contributed by atoms with van der Waals surface area (Å²) in [5.41, 5.74) is 1.94. The van der Waals surface area contributed by atoms with Gasteiger partial charge in [0.2, 0.25) is 0 Å². The lowest BCUT2D eigenvalue weighted by molar-refractivity contribution is -0.274. The highest BCUT2D eigenvalue weighted by Crippen LogP contribution is 2.38. The van der Waals surface area contributed by atoms with Crippen molar-refractivity contribution in [2.75, 3.05) is 33.3 Å². The summed E-state index contributed by atoms with van der Waals surface area (Å²) in [6.45, 7) is 3.45. The number of thiophene rings is 1. The van der Waals surface area contributed by atoms with Gasteiger partial charge in [-0.05, 0) is 34.5 Å². The van der Waals surface area contributed by atoms with Gasteiger partial charge in [0.05, 0.1) is 13.2 Å².